The Morgan fingerprint density at radius 1 is 0.939 bits per heavy atom. The average molecular weight is 998 g/mol. The molecule has 1 unspecified atom stereocenters. The minimum absolute atomic E-state index is 0.0179. The van der Waals surface area contributed by atoms with Gasteiger partial charge in [0.15, 0.2) is 21.3 Å². The Bertz CT molecular complexity index is 3000. The molecule has 3 heterocycles. The lowest BCUT2D eigenvalue weighted by atomic mass is 9.93. The molecule has 2 saturated carbocycles. The van der Waals surface area contributed by atoms with E-state index in [1.807, 2.05) is 4.72 Å². The number of aromatic nitrogens is 5. The van der Waals surface area contributed by atoms with Crippen LogP contribution in [0.3, 0.4) is 0 Å². The molecule has 3 aromatic heterocycles. The summed E-state index contributed by atoms with van der Waals surface area (Å²) >= 11 is 6.50. The van der Waals surface area contributed by atoms with E-state index in [0.29, 0.717) is 29.8 Å². The van der Waals surface area contributed by atoms with Gasteiger partial charge in [-0.1, -0.05) is 23.7 Å². The maximum atomic E-state index is 15.5. The highest BCUT2D eigenvalue weighted by molar-refractivity contribution is 7.93. The molecule has 0 saturated heterocycles. The number of anilines is 1. The molecule has 66 heavy (non-hydrogen) atoms. The van der Waals surface area contributed by atoms with Crippen LogP contribution in [-0.4, -0.2) is 69.7 Å². The van der Waals surface area contributed by atoms with E-state index in [1.165, 1.54) is 38.1 Å². The largest absolute Gasteiger partial charge is 0.435 e. The van der Waals surface area contributed by atoms with Crippen molar-refractivity contribution in [2.45, 2.75) is 106 Å². The third-order valence-electron chi connectivity index (χ3n) is 12.0. The Morgan fingerprint density at radius 3 is 2.20 bits per heavy atom. The molecule has 0 radical (unpaired) electrons. The molecule has 3 aliphatic rings. The van der Waals surface area contributed by atoms with Crippen molar-refractivity contribution in [2.75, 3.05) is 11.0 Å². The van der Waals surface area contributed by atoms with Gasteiger partial charge in [-0.05, 0) is 88.1 Å². The number of sulfonamides is 1. The molecule has 2 aromatic carbocycles. The number of pyridine rings is 1. The van der Waals surface area contributed by atoms with Gasteiger partial charge < -0.3 is 5.32 Å². The molecule has 356 valence electrons. The molecular weight excluding hydrogens is 960 g/mol. The molecule has 3 aliphatic carbocycles. The smallest absolute Gasteiger partial charge is 0.346 e. The number of halogens is 11. The second-order valence-corrected chi connectivity index (χ2v) is 22.5. The fourth-order valence-electron chi connectivity index (χ4n) is 8.73. The number of hydrogen-bond acceptors (Lipinski definition) is 8. The lowest BCUT2D eigenvalue weighted by Crippen LogP contribution is -2.36. The van der Waals surface area contributed by atoms with Gasteiger partial charge in [-0.25, -0.2) is 25.6 Å². The maximum absolute atomic E-state index is 15.5. The van der Waals surface area contributed by atoms with Crippen molar-refractivity contribution in [3.8, 4) is 11.1 Å². The first-order valence-corrected chi connectivity index (χ1v) is 24.0. The van der Waals surface area contributed by atoms with Crippen LogP contribution >= 0.6 is 11.6 Å². The van der Waals surface area contributed by atoms with E-state index in [0.717, 1.165) is 12.1 Å². The first-order chi connectivity index (χ1) is 30.4. The SMILES string of the molecule is CC(C)(CCc1ccc(-c2ccc(Cl)c3c(NS(C)(=O)=O)nn(CC(F)(F)F)c23)c([C@H](Cc2cc(F)cc(F)c2)NC(=O)Cn2nc(C(F)(F)F)c3c2C(F)(F)[C@@H]2CC32)n1)S(=O)(=O)C1CC1. The molecule has 25 heteroatoms. The minimum Gasteiger partial charge on any atom is -0.346 e. The molecule has 2 N–H and O–H groups in total. The van der Waals surface area contributed by atoms with Crippen molar-refractivity contribution in [1.29, 1.82) is 0 Å². The summed E-state index contributed by atoms with van der Waals surface area (Å²) in [5.74, 6) is -10.4. The summed E-state index contributed by atoms with van der Waals surface area (Å²) in [5, 5.41) is 8.68. The Balaban J connectivity index is 1.30. The molecule has 12 nitrogen and oxygen atoms in total. The minimum atomic E-state index is -5.17. The van der Waals surface area contributed by atoms with Gasteiger partial charge in [-0.3, -0.25) is 23.9 Å². The van der Waals surface area contributed by atoms with Crippen LogP contribution in [0.25, 0.3) is 22.0 Å². The number of sulfone groups is 1. The maximum Gasteiger partial charge on any atom is 0.435 e. The summed E-state index contributed by atoms with van der Waals surface area (Å²) in [5.41, 5.74) is -4.38. The van der Waals surface area contributed by atoms with Gasteiger partial charge in [0.25, 0.3) is 5.92 Å². The lowest BCUT2D eigenvalue weighted by Gasteiger charge is -2.26. The molecule has 1 amide bonds. The Kier molecular flexibility index (Phi) is 11.6. The number of nitrogens with one attached hydrogen (secondary N) is 2. The first-order valence-electron chi connectivity index (χ1n) is 20.2. The fraction of sp³-hybridized carbons (Fsp3) is 0.463. The molecule has 0 spiro atoms. The van der Waals surface area contributed by atoms with Gasteiger partial charge in [-0.2, -0.15) is 45.3 Å². The second kappa shape index (κ2) is 16.1. The summed E-state index contributed by atoms with van der Waals surface area (Å²) in [6.07, 6.45) is -9.37. The number of aryl methyl sites for hydroxylation is 1. The van der Waals surface area contributed by atoms with Gasteiger partial charge in [0.2, 0.25) is 15.9 Å². The molecule has 3 atom stereocenters. The van der Waals surface area contributed by atoms with Crippen molar-refractivity contribution in [3.63, 3.8) is 0 Å². The predicted octanol–water partition coefficient (Wildman–Crippen LogP) is 8.78. The van der Waals surface area contributed by atoms with Gasteiger partial charge in [0, 0.05) is 34.4 Å². The van der Waals surface area contributed by atoms with E-state index >= 15 is 8.78 Å². The van der Waals surface area contributed by atoms with Crippen LogP contribution in [0.1, 0.15) is 85.4 Å². The summed E-state index contributed by atoms with van der Waals surface area (Å²) in [6, 6.07) is 5.83. The van der Waals surface area contributed by atoms with Crippen LogP contribution in [0.15, 0.2) is 42.5 Å². The number of benzene rings is 2. The Morgan fingerprint density at radius 2 is 1.59 bits per heavy atom. The van der Waals surface area contributed by atoms with E-state index in [4.69, 9.17) is 16.6 Å². The van der Waals surface area contributed by atoms with Crippen LogP contribution in [0.5, 0.6) is 0 Å². The topological polar surface area (TPSA) is 158 Å². The molecule has 2 fully saturated rings. The molecule has 0 aliphatic heterocycles. The quantitative estimate of drug-likeness (QED) is 0.0986. The van der Waals surface area contributed by atoms with E-state index in [9.17, 15) is 56.8 Å². The van der Waals surface area contributed by atoms with Crippen LogP contribution in [-0.2, 0) is 62.7 Å². The first kappa shape index (κ1) is 47.5. The number of hydrogen-bond donors (Lipinski definition) is 2. The van der Waals surface area contributed by atoms with Crippen LogP contribution in [0.2, 0.25) is 5.02 Å². The number of fused-ring (bicyclic) bond motifs is 4. The summed E-state index contributed by atoms with van der Waals surface area (Å²) in [7, 11) is -7.84. The second-order valence-electron chi connectivity index (χ2n) is 17.5. The Hall–Kier alpha value is -4.97. The zero-order valence-corrected chi connectivity index (χ0v) is 37.1. The summed E-state index contributed by atoms with van der Waals surface area (Å²) < 4.78 is 198. The van der Waals surface area contributed by atoms with Crippen molar-refractivity contribution in [1.82, 2.24) is 29.9 Å². The molecule has 5 aromatic rings. The number of alkyl halides is 8. The lowest BCUT2D eigenvalue weighted by molar-refractivity contribution is -0.142. The number of nitrogens with zero attached hydrogens (tertiary/aromatic N) is 5. The number of amides is 1. The van der Waals surface area contributed by atoms with E-state index in [-0.39, 0.29) is 62.4 Å². The van der Waals surface area contributed by atoms with Gasteiger partial charge in [0.1, 0.15) is 30.4 Å². The molecule has 8 rings (SSSR count). The van der Waals surface area contributed by atoms with Crippen LogP contribution < -0.4 is 10.0 Å². The van der Waals surface area contributed by atoms with Gasteiger partial charge in [0.05, 0.1) is 43.9 Å². The highest BCUT2D eigenvalue weighted by atomic mass is 35.5. The van der Waals surface area contributed by atoms with Crippen molar-refractivity contribution in [3.05, 3.63) is 93.0 Å². The Labute approximate surface area is 375 Å². The third kappa shape index (κ3) is 9.20. The highest BCUT2D eigenvalue weighted by Crippen LogP contribution is 2.68. The van der Waals surface area contributed by atoms with Crippen molar-refractivity contribution >= 4 is 54.1 Å². The van der Waals surface area contributed by atoms with E-state index in [1.54, 1.807) is 0 Å². The zero-order chi connectivity index (χ0) is 48.3. The highest BCUT2D eigenvalue weighted by Gasteiger charge is 2.68. The van der Waals surface area contributed by atoms with Crippen molar-refractivity contribution < 1.29 is 65.5 Å². The van der Waals surface area contributed by atoms with Crippen molar-refractivity contribution in [2.24, 2.45) is 5.92 Å². The monoisotopic (exact) mass is 997 g/mol. The fourth-order valence-corrected chi connectivity index (χ4v) is 11.5. The molecular formula is C41H38ClF10N7O5S2. The normalized spacial score (nSPS) is 18.9. The van der Waals surface area contributed by atoms with Crippen LogP contribution in [0.4, 0.5) is 49.7 Å². The summed E-state index contributed by atoms with van der Waals surface area (Å²) in [6.45, 7) is 0.0226. The number of carbonyl (C=O) groups excluding carboxylic acids is 1. The summed E-state index contributed by atoms with van der Waals surface area (Å²) in [4.78, 5) is 18.8. The zero-order valence-electron chi connectivity index (χ0n) is 34.8. The van der Waals surface area contributed by atoms with Gasteiger partial charge in [-0.15, -0.1) is 0 Å². The number of carbonyl (C=O) groups is 1. The average Bonchev–Trinajstić information content (AvgIpc) is 4.09. The van der Waals surface area contributed by atoms with Gasteiger partial charge >= 0.3 is 12.4 Å². The third-order valence-corrected chi connectivity index (χ3v) is 15.9. The van der Waals surface area contributed by atoms with E-state index in [2.05, 4.69) is 15.5 Å². The standard InChI is InChI=1S/C41H38ClF10N7O5S2/c1-38(2,66(63,64)23-5-6-23)11-10-22-4-7-24(25-8-9-28(42)32-34(25)59(18-39(45,46)47)56-37(32)57-65(3,61)62)33(53-22)29(14-19-12-20(43)15-21(44)13-19)54-30(60)17-58-36-31(35(55-58)41(50,51)52)26-16-27(26)40(36,48)49/h4,7-9,12-13,15,23,26-27,29H,5-6,10-11,14,16-18H2,1-3H3,(H,54,60)(H,56,57)/t26?,27-,29+/m1/s1. The predicted molar refractivity (Wildman–Crippen MR) is 220 cm³/mol. The van der Waals surface area contributed by atoms with E-state index < -0.39 is 131 Å². The number of rotatable bonds is 15. The van der Waals surface area contributed by atoms with Crippen LogP contribution in [0, 0.1) is 17.6 Å². The molecule has 0 bridgehead atoms.